The zero-order chi connectivity index (χ0) is 12.3. The van der Waals surface area contributed by atoms with Crippen LogP contribution in [0.4, 0.5) is 10.2 Å². The topological polar surface area (TPSA) is 80.9 Å². The molecule has 0 fully saturated rings. The van der Waals surface area contributed by atoms with Crippen molar-refractivity contribution in [1.29, 1.82) is 0 Å². The monoisotopic (exact) mass is 252 g/mol. The number of hydrogen-bond donors (Lipinski definition) is 2. The second-order valence-electron chi connectivity index (χ2n) is 3.13. The molecule has 0 bridgehead atoms. The van der Waals surface area contributed by atoms with E-state index < -0.39 is 11.9 Å². The van der Waals surface area contributed by atoms with Gasteiger partial charge < -0.3 is 11.1 Å². The zero-order valence-electron chi connectivity index (χ0n) is 8.68. The fourth-order valence-corrected chi connectivity index (χ4v) is 1.82. The van der Waals surface area contributed by atoms with Crippen LogP contribution in [0, 0.1) is 5.95 Å². The van der Waals surface area contributed by atoms with Crippen LogP contribution in [0.1, 0.15) is 15.5 Å². The van der Waals surface area contributed by atoms with Gasteiger partial charge in [0, 0.05) is 11.9 Å². The van der Waals surface area contributed by atoms with E-state index in [1.807, 2.05) is 0 Å². The molecule has 2 aromatic rings. The van der Waals surface area contributed by atoms with Gasteiger partial charge in [0.1, 0.15) is 16.5 Å². The van der Waals surface area contributed by atoms with Gasteiger partial charge >= 0.3 is 0 Å². The number of anilines is 1. The van der Waals surface area contributed by atoms with Crippen LogP contribution in [-0.4, -0.2) is 15.9 Å². The molecule has 0 aliphatic rings. The maximum Gasteiger partial charge on any atom is 0.276 e. The van der Waals surface area contributed by atoms with E-state index in [4.69, 9.17) is 5.73 Å². The number of aromatic nitrogens is 2. The number of rotatable bonds is 3. The summed E-state index contributed by atoms with van der Waals surface area (Å²) in [4.78, 5) is 19.2. The summed E-state index contributed by atoms with van der Waals surface area (Å²) in [5.41, 5.74) is 5.64. The quantitative estimate of drug-likeness (QED) is 0.809. The molecule has 0 aliphatic carbocycles. The Hall–Kier alpha value is -1.86. The highest BCUT2D eigenvalue weighted by atomic mass is 32.1. The number of carbonyl (C=O) groups excluding carboxylic acids is 1. The molecule has 0 atom stereocenters. The second kappa shape index (κ2) is 4.98. The minimum atomic E-state index is -0.649. The molecule has 7 heteroatoms. The lowest BCUT2D eigenvalue weighted by atomic mass is 10.4. The van der Waals surface area contributed by atoms with E-state index in [2.05, 4.69) is 15.3 Å². The van der Waals surface area contributed by atoms with Crippen molar-refractivity contribution < 1.29 is 9.18 Å². The van der Waals surface area contributed by atoms with Gasteiger partial charge in [0.05, 0.1) is 0 Å². The van der Waals surface area contributed by atoms with Crippen molar-refractivity contribution in [3.8, 4) is 0 Å². The first-order chi connectivity index (χ1) is 8.19. The number of nitrogens with two attached hydrogens (primary N) is 1. The van der Waals surface area contributed by atoms with E-state index in [-0.39, 0.29) is 18.1 Å². The van der Waals surface area contributed by atoms with Crippen LogP contribution in [0.3, 0.4) is 0 Å². The summed E-state index contributed by atoms with van der Waals surface area (Å²) in [6, 6.07) is 4.16. The van der Waals surface area contributed by atoms with Gasteiger partial charge in [-0.2, -0.15) is 4.39 Å². The molecule has 2 aromatic heterocycles. The lowest BCUT2D eigenvalue weighted by Gasteiger charge is -2.01. The molecule has 2 rings (SSSR count). The van der Waals surface area contributed by atoms with Crippen molar-refractivity contribution in [2.24, 2.45) is 5.73 Å². The van der Waals surface area contributed by atoms with Crippen LogP contribution in [0.5, 0.6) is 0 Å². The Bertz CT molecular complexity index is 543. The Morgan fingerprint density at radius 1 is 1.47 bits per heavy atom. The van der Waals surface area contributed by atoms with Crippen molar-refractivity contribution in [2.45, 2.75) is 6.54 Å². The molecular weight excluding hydrogens is 243 g/mol. The van der Waals surface area contributed by atoms with Crippen LogP contribution in [0.15, 0.2) is 23.6 Å². The number of thiazole rings is 1. The summed E-state index contributed by atoms with van der Waals surface area (Å²) < 4.78 is 12.8. The molecule has 0 unspecified atom stereocenters. The predicted molar refractivity (Wildman–Crippen MR) is 62.2 cm³/mol. The number of nitrogens with one attached hydrogen (secondary N) is 1. The van der Waals surface area contributed by atoms with Crippen LogP contribution >= 0.6 is 11.3 Å². The minimum Gasteiger partial charge on any atom is -0.325 e. The van der Waals surface area contributed by atoms with Crippen molar-refractivity contribution in [1.82, 2.24) is 9.97 Å². The zero-order valence-corrected chi connectivity index (χ0v) is 9.50. The van der Waals surface area contributed by atoms with Crippen molar-refractivity contribution in [3.63, 3.8) is 0 Å². The molecular formula is C10H9FN4OS. The van der Waals surface area contributed by atoms with Gasteiger partial charge in [0.15, 0.2) is 0 Å². The summed E-state index contributed by atoms with van der Waals surface area (Å²) >= 11 is 1.30. The lowest BCUT2D eigenvalue weighted by molar-refractivity contribution is 0.102. The molecule has 1 amide bonds. The first kappa shape index (κ1) is 11.6. The van der Waals surface area contributed by atoms with Gasteiger partial charge in [-0.1, -0.05) is 6.07 Å². The molecule has 88 valence electrons. The predicted octanol–water partition coefficient (Wildman–Crippen LogP) is 1.39. The van der Waals surface area contributed by atoms with E-state index >= 15 is 0 Å². The van der Waals surface area contributed by atoms with Crippen molar-refractivity contribution in [3.05, 3.63) is 40.2 Å². The van der Waals surface area contributed by atoms with Gasteiger partial charge in [-0.15, -0.1) is 11.3 Å². The van der Waals surface area contributed by atoms with Crippen LogP contribution in [0.2, 0.25) is 0 Å². The third kappa shape index (κ3) is 2.83. The summed E-state index contributed by atoms with van der Waals surface area (Å²) in [5.74, 6) is -0.930. The van der Waals surface area contributed by atoms with E-state index in [0.717, 1.165) is 0 Å². The van der Waals surface area contributed by atoms with E-state index in [0.29, 0.717) is 5.01 Å². The standard InChI is InChI=1S/C10H9FN4OS/c11-7-2-1-3-8(14-7)15-10(16)6-5-17-9(4-12)13-6/h1-3,5H,4,12H2,(H,14,15,16). The first-order valence-electron chi connectivity index (χ1n) is 4.77. The molecule has 0 aliphatic heterocycles. The average molecular weight is 252 g/mol. The number of pyridine rings is 1. The van der Waals surface area contributed by atoms with Gasteiger partial charge in [-0.25, -0.2) is 9.97 Å². The third-order valence-electron chi connectivity index (χ3n) is 1.92. The highest BCUT2D eigenvalue weighted by Gasteiger charge is 2.11. The molecule has 0 radical (unpaired) electrons. The number of amides is 1. The first-order valence-corrected chi connectivity index (χ1v) is 5.65. The van der Waals surface area contributed by atoms with Crippen molar-refractivity contribution in [2.75, 3.05) is 5.32 Å². The van der Waals surface area contributed by atoms with Crippen molar-refractivity contribution >= 4 is 23.1 Å². The highest BCUT2D eigenvalue weighted by Crippen LogP contribution is 2.11. The average Bonchev–Trinajstić information content (AvgIpc) is 2.77. The number of carbonyl (C=O) groups is 1. The maximum atomic E-state index is 12.8. The Labute approximate surface area is 101 Å². The second-order valence-corrected chi connectivity index (χ2v) is 4.07. The Morgan fingerprint density at radius 2 is 2.29 bits per heavy atom. The molecule has 2 heterocycles. The van der Waals surface area contributed by atoms with Gasteiger partial charge in [-0.05, 0) is 12.1 Å². The van der Waals surface area contributed by atoms with E-state index in [9.17, 15) is 9.18 Å². The SMILES string of the molecule is NCc1nc(C(=O)Nc2cccc(F)n2)cs1. The molecule has 3 N–H and O–H groups in total. The fraction of sp³-hybridized carbons (Fsp3) is 0.100. The Balaban J connectivity index is 2.11. The number of halogens is 1. The Kier molecular flexibility index (Phi) is 3.40. The highest BCUT2D eigenvalue weighted by molar-refractivity contribution is 7.09. The lowest BCUT2D eigenvalue weighted by Crippen LogP contribution is -2.14. The fourth-order valence-electron chi connectivity index (χ4n) is 1.17. The minimum absolute atomic E-state index is 0.150. The normalized spacial score (nSPS) is 10.2. The Morgan fingerprint density at radius 3 is 2.94 bits per heavy atom. The van der Waals surface area contributed by atoms with Gasteiger partial charge in [0.25, 0.3) is 5.91 Å². The number of nitrogens with zero attached hydrogens (tertiary/aromatic N) is 2. The molecule has 0 saturated carbocycles. The van der Waals surface area contributed by atoms with Gasteiger partial charge in [0.2, 0.25) is 5.95 Å². The van der Waals surface area contributed by atoms with E-state index in [1.54, 1.807) is 5.38 Å². The summed E-state index contributed by atoms with van der Waals surface area (Å²) in [5, 5.41) is 4.71. The summed E-state index contributed by atoms with van der Waals surface area (Å²) in [7, 11) is 0. The summed E-state index contributed by atoms with van der Waals surface area (Å²) in [6.07, 6.45) is 0. The van der Waals surface area contributed by atoms with Crippen LogP contribution in [-0.2, 0) is 6.54 Å². The molecule has 0 saturated heterocycles. The maximum absolute atomic E-state index is 12.8. The summed E-state index contributed by atoms with van der Waals surface area (Å²) in [6.45, 7) is 0.288. The smallest absolute Gasteiger partial charge is 0.276 e. The molecule has 0 spiro atoms. The largest absolute Gasteiger partial charge is 0.325 e. The van der Waals surface area contributed by atoms with Gasteiger partial charge in [-0.3, -0.25) is 4.79 Å². The number of hydrogen-bond acceptors (Lipinski definition) is 5. The van der Waals surface area contributed by atoms with Crippen LogP contribution < -0.4 is 11.1 Å². The van der Waals surface area contributed by atoms with E-state index in [1.165, 1.54) is 29.5 Å². The molecule has 17 heavy (non-hydrogen) atoms. The molecule has 0 aromatic carbocycles. The molecule has 5 nitrogen and oxygen atoms in total. The van der Waals surface area contributed by atoms with Crippen LogP contribution in [0.25, 0.3) is 0 Å². The third-order valence-corrected chi connectivity index (χ3v) is 2.79.